The van der Waals surface area contributed by atoms with Gasteiger partial charge in [0.15, 0.2) is 0 Å². The lowest BCUT2D eigenvalue weighted by Gasteiger charge is -2.35. The molecule has 1 fully saturated rings. The maximum Gasteiger partial charge on any atom is 0.0628 e. The van der Waals surface area contributed by atoms with E-state index in [0.717, 1.165) is 19.0 Å². The molecule has 1 aromatic heterocycles. The van der Waals surface area contributed by atoms with Crippen LogP contribution in [0.1, 0.15) is 50.1 Å². The van der Waals surface area contributed by atoms with Gasteiger partial charge in [0.05, 0.1) is 5.69 Å². The summed E-state index contributed by atoms with van der Waals surface area (Å²) in [6.07, 6.45) is 4.94. The SMILES string of the molecule is Cc1nn(C)c(C)c1CCCNC1CCN(C(C)C)CC1. The lowest BCUT2D eigenvalue weighted by Crippen LogP contribution is -2.45. The predicted molar refractivity (Wildman–Crippen MR) is 88.7 cm³/mol. The Morgan fingerprint density at radius 1 is 1.24 bits per heavy atom. The third kappa shape index (κ3) is 4.30. The summed E-state index contributed by atoms with van der Waals surface area (Å²) in [6.45, 7) is 12.5. The minimum Gasteiger partial charge on any atom is -0.314 e. The molecular formula is C17H32N4. The topological polar surface area (TPSA) is 33.1 Å². The van der Waals surface area contributed by atoms with E-state index in [-0.39, 0.29) is 0 Å². The Morgan fingerprint density at radius 3 is 2.43 bits per heavy atom. The molecule has 2 heterocycles. The molecular weight excluding hydrogens is 260 g/mol. The summed E-state index contributed by atoms with van der Waals surface area (Å²) < 4.78 is 2.00. The van der Waals surface area contributed by atoms with Crippen LogP contribution in [-0.2, 0) is 13.5 Å². The highest BCUT2D eigenvalue weighted by molar-refractivity contribution is 5.24. The Balaban J connectivity index is 1.67. The molecule has 0 atom stereocenters. The molecule has 4 heteroatoms. The molecule has 0 aromatic carbocycles. The second kappa shape index (κ2) is 7.41. The molecule has 21 heavy (non-hydrogen) atoms. The monoisotopic (exact) mass is 292 g/mol. The quantitative estimate of drug-likeness (QED) is 0.818. The van der Waals surface area contributed by atoms with Crippen molar-refractivity contribution < 1.29 is 0 Å². The maximum atomic E-state index is 4.49. The van der Waals surface area contributed by atoms with E-state index in [1.165, 1.54) is 49.3 Å². The van der Waals surface area contributed by atoms with Crippen LogP contribution in [0.15, 0.2) is 0 Å². The third-order valence-electron chi connectivity index (χ3n) is 4.96. The summed E-state index contributed by atoms with van der Waals surface area (Å²) in [7, 11) is 2.03. The predicted octanol–water partition coefficient (Wildman–Crippen LogP) is 2.43. The zero-order chi connectivity index (χ0) is 15.4. The average molecular weight is 292 g/mol. The van der Waals surface area contributed by atoms with Crippen molar-refractivity contribution in [1.29, 1.82) is 0 Å². The summed E-state index contributed by atoms with van der Waals surface area (Å²) in [5.41, 5.74) is 3.95. The van der Waals surface area contributed by atoms with Crippen molar-refractivity contribution in [1.82, 2.24) is 20.0 Å². The molecule has 2 rings (SSSR count). The van der Waals surface area contributed by atoms with E-state index in [1.54, 1.807) is 0 Å². The summed E-state index contributed by atoms with van der Waals surface area (Å²) in [6, 6.07) is 1.42. The molecule has 0 bridgehead atoms. The molecule has 4 nitrogen and oxygen atoms in total. The van der Waals surface area contributed by atoms with Crippen LogP contribution in [-0.4, -0.2) is 46.4 Å². The molecule has 1 aliphatic rings. The number of likely N-dealkylation sites (tertiary alicyclic amines) is 1. The Kier molecular flexibility index (Phi) is 5.82. The van der Waals surface area contributed by atoms with Gasteiger partial charge in [-0.25, -0.2) is 0 Å². The number of hydrogen-bond acceptors (Lipinski definition) is 3. The highest BCUT2D eigenvalue weighted by atomic mass is 15.3. The van der Waals surface area contributed by atoms with Crippen molar-refractivity contribution >= 4 is 0 Å². The van der Waals surface area contributed by atoms with Crippen LogP contribution in [0, 0.1) is 13.8 Å². The minimum absolute atomic E-state index is 0.697. The molecule has 0 aliphatic carbocycles. The van der Waals surface area contributed by atoms with Gasteiger partial charge < -0.3 is 10.2 Å². The molecule has 120 valence electrons. The van der Waals surface area contributed by atoms with Crippen LogP contribution in [0.4, 0.5) is 0 Å². The average Bonchev–Trinajstić information content (AvgIpc) is 2.69. The fourth-order valence-electron chi connectivity index (χ4n) is 3.37. The van der Waals surface area contributed by atoms with Crippen LogP contribution >= 0.6 is 0 Å². The number of aryl methyl sites for hydroxylation is 2. The van der Waals surface area contributed by atoms with Gasteiger partial charge in [-0.2, -0.15) is 5.10 Å². The van der Waals surface area contributed by atoms with Crippen molar-refractivity contribution in [2.24, 2.45) is 7.05 Å². The first kappa shape index (κ1) is 16.5. The van der Waals surface area contributed by atoms with Crippen molar-refractivity contribution in [2.45, 2.75) is 65.5 Å². The van der Waals surface area contributed by atoms with Crippen LogP contribution in [0.5, 0.6) is 0 Å². The van der Waals surface area contributed by atoms with Crippen LogP contribution < -0.4 is 5.32 Å². The molecule has 1 N–H and O–H groups in total. The smallest absolute Gasteiger partial charge is 0.0628 e. The fraction of sp³-hybridized carbons (Fsp3) is 0.824. The first-order chi connectivity index (χ1) is 9.99. The van der Waals surface area contributed by atoms with Gasteiger partial charge in [-0.15, -0.1) is 0 Å². The molecule has 0 spiro atoms. The van der Waals surface area contributed by atoms with E-state index in [1.807, 2.05) is 11.7 Å². The van der Waals surface area contributed by atoms with Gasteiger partial charge in [0.1, 0.15) is 0 Å². The minimum atomic E-state index is 0.697. The lowest BCUT2D eigenvalue weighted by atomic mass is 10.0. The van der Waals surface area contributed by atoms with Gasteiger partial charge in [0.25, 0.3) is 0 Å². The van der Waals surface area contributed by atoms with Crippen LogP contribution in [0.3, 0.4) is 0 Å². The maximum absolute atomic E-state index is 4.49. The van der Waals surface area contributed by atoms with E-state index in [2.05, 4.69) is 43.0 Å². The first-order valence-electron chi connectivity index (χ1n) is 8.45. The zero-order valence-corrected chi connectivity index (χ0v) is 14.4. The van der Waals surface area contributed by atoms with E-state index < -0.39 is 0 Å². The Morgan fingerprint density at radius 2 is 1.90 bits per heavy atom. The fourth-order valence-corrected chi connectivity index (χ4v) is 3.37. The van der Waals surface area contributed by atoms with Gasteiger partial charge >= 0.3 is 0 Å². The summed E-state index contributed by atoms with van der Waals surface area (Å²) in [5.74, 6) is 0. The largest absolute Gasteiger partial charge is 0.314 e. The van der Waals surface area contributed by atoms with E-state index in [4.69, 9.17) is 0 Å². The summed E-state index contributed by atoms with van der Waals surface area (Å²) in [5, 5.41) is 8.24. The van der Waals surface area contributed by atoms with Gasteiger partial charge in [0, 0.05) is 24.8 Å². The van der Waals surface area contributed by atoms with Crippen molar-refractivity contribution in [3.63, 3.8) is 0 Å². The van der Waals surface area contributed by atoms with Crippen LogP contribution in [0.2, 0.25) is 0 Å². The first-order valence-corrected chi connectivity index (χ1v) is 8.45. The zero-order valence-electron chi connectivity index (χ0n) is 14.4. The second-order valence-corrected chi connectivity index (χ2v) is 6.73. The molecule has 1 aliphatic heterocycles. The number of aromatic nitrogens is 2. The highest BCUT2D eigenvalue weighted by Crippen LogP contribution is 2.15. The normalized spacial score (nSPS) is 17.8. The Bertz CT molecular complexity index is 442. The number of nitrogens with zero attached hydrogens (tertiary/aromatic N) is 3. The molecule has 0 radical (unpaired) electrons. The van der Waals surface area contributed by atoms with Crippen molar-refractivity contribution in [2.75, 3.05) is 19.6 Å². The summed E-state index contributed by atoms with van der Waals surface area (Å²) in [4.78, 5) is 2.58. The third-order valence-corrected chi connectivity index (χ3v) is 4.96. The highest BCUT2D eigenvalue weighted by Gasteiger charge is 2.20. The second-order valence-electron chi connectivity index (χ2n) is 6.73. The summed E-state index contributed by atoms with van der Waals surface area (Å²) >= 11 is 0. The number of piperidine rings is 1. The van der Waals surface area contributed by atoms with E-state index in [0.29, 0.717) is 6.04 Å². The molecule has 0 amide bonds. The number of nitrogens with one attached hydrogen (secondary N) is 1. The number of hydrogen-bond donors (Lipinski definition) is 1. The molecule has 0 unspecified atom stereocenters. The molecule has 1 saturated heterocycles. The van der Waals surface area contributed by atoms with Gasteiger partial charge in [-0.3, -0.25) is 4.68 Å². The van der Waals surface area contributed by atoms with E-state index >= 15 is 0 Å². The van der Waals surface area contributed by atoms with Crippen molar-refractivity contribution in [3.05, 3.63) is 17.0 Å². The standard InChI is InChI=1S/C17H32N4/c1-13(2)21-11-8-16(9-12-21)18-10-6-7-17-14(3)19-20(5)15(17)4/h13,16,18H,6-12H2,1-5H3. The Labute approximate surface area is 129 Å². The number of rotatable bonds is 6. The molecule has 1 aromatic rings. The van der Waals surface area contributed by atoms with Gasteiger partial charge in [0.2, 0.25) is 0 Å². The van der Waals surface area contributed by atoms with Gasteiger partial charge in [-0.05, 0) is 78.6 Å². The van der Waals surface area contributed by atoms with E-state index in [9.17, 15) is 0 Å². The van der Waals surface area contributed by atoms with Crippen molar-refractivity contribution in [3.8, 4) is 0 Å². The van der Waals surface area contributed by atoms with Crippen LogP contribution in [0.25, 0.3) is 0 Å². The lowest BCUT2D eigenvalue weighted by molar-refractivity contribution is 0.161. The Hall–Kier alpha value is -0.870. The molecule has 0 saturated carbocycles. The van der Waals surface area contributed by atoms with Gasteiger partial charge in [-0.1, -0.05) is 0 Å².